The van der Waals surface area contributed by atoms with Gasteiger partial charge in [0, 0.05) is 5.69 Å². The largest absolute Gasteiger partial charge is 0.416 e. The molecule has 2 aromatic carbocycles. The highest BCUT2D eigenvalue weighted by Gasteiger charge is 2.30. The Morgan fingerprint density at radius 1 is 1.05 bits per heavy atom. The van der Waals surface area contributed by atoms with Crippen molar-refractivity contribution in [3.63, 3.8) is 0 Å². The first-order chi connectivity index (χ1) is 10.4. The van der Waals surface area contributed by atoms with Gasteiger partial charge in [-0.3, -0.25) is 10.9 Å². The minimum Gasteiger partial charge on any atom is -0.331 e. The fourth-order valence-electron chi connectivity index (χ4n) is 1.77. The average molecular weight is 325 g/mol. The van der Waals surface area contributed by atoms with Gasteiger partial charge in [0.15, 0.2) is 5.11 Å². The topological polar surface area (TPSA) is 36.1 Å². The van der Waals surface area contributed by atoms with Crippen molar-refractivity contribution >= 4 is 28.7 Å². The van der Waals surface area contributed by atoms with Crippen LogP contribution in [0, 0.1) is 6.92 Å². The van der Waals surface area contributed by atoms with E-state index in [9.17, 15) is 13.2 Å². The molecule has 3 N–H and O–H groups in total. The Hall–Kier alpha value is -2.28. The van der Waals surface area contributed by atoms with Crippen LogP contribution in [0.3, 0.4) is 0 Å². The third-order valence-electron chi connectivity index (χ3n) is 2.90. The van der Waals surface area contributed by atoms with E-state index in [-0.39, 0.29) is 10.8 Å². The summed E-state index contributed by atoms with van der Waals surface area (Å²) in [5.41, 5.74) is 6.67. The van der Waals surface area contributed by atoms with Gasteiger partial charge in [-0.05, 0) is 49.0 Å². The minimum absolute atomic E-state index is 0.256. The smallest absolute Gasteiger partial charge is 0.331 e. The van der Waals surface area contributed by atoms with Gasteiger partial charge in [-0.1, -0.05) is 24.3 Å². The lowest BCUT2D eigenvalue weighted by atomic mass is 10.2. The molecule has 0 spiro atoms. The van der Waals surface area contributed by atoms with Gasteiger partial charge in [0.2, 0.25) is 0 Å². The van der Waals surface area contributed by atoms with E-state index in [0.717, 1.165) is 23.4 Å². The van der Waals surface area contributed by atoms with Crippen molar-refractivity contribution in [2.75, 3.05) is 10.7 Å². The quantitative estimate of drug-likeness (QED) is 0.580. The maximum Gasteiger partial charge on any atom is 0.416 e. The first-order valence-corrected chi connectivity index (χ1v) is 6.83. The molecule has 0 aliphatic heterocycles. The van der Waals surface area contributed by atoms with Crippen LogP contribution in [-0.2, 0) is 6.18 Å². The number of hydrogen-bond donors (Lipinski definition) is 3. The molecule has 0 saturated carbocycles. The summed E-state index contributed by atoms with van der Waals surface area (Å²) in [5.74, 6) is 0. The zero-order valence-electron chi connectivity index (χ0n) is 11.7. The van der Waals surface area contributed by atoms with E-state index >= 15 is 0 Å². The number of anilines is 2. The molecule has 0 amide bonds. The minimum atomic E-state index is -4.38. The summed E-state index contributed by atoms with van der Waals surface area (Å²) in [6.45, 7) is 1.92. The number of nitrogens with one attached hydrogen (secondary N) is 3. The molecule has 0 heterocycles. The van der Waals surface area contributed by atoms with Gasteiger partial charge in [0.05, 0.1) is 11.3 Å². The van der Waals surface area contributed by atoms with E-state index in [1.54, 1.807) is 0 Å². The van der Waals surface area contributed by atoms with Crippen molar-refractivity contribution in [3.05, 3.63) is 59.7 Å². The van der Waals surface area contributed by atoms with Crippen molar-refractivity contribution in [1.82, 2.24) is 5.43 Å². The second-order valence-electron chi connectivity index (χ2n) is 4.60. The fourth-order valence-corrected chi connectivity index (χ4v) is 1.93. The van der Waals surface area contributed by atoms with E-state index in [0.29, 0.717) is 0 Å². The molecule has 22 heavy (non-hydrogen) atoms. The highest BCUT2D eigenvalue weighted by Crippen LogP contribution is 2.30. The zero-order valence-corrected chi connectivity index (χ0v) is 12.5. The Bertz CT molecular complexity index is 671. The van der Waals surface area contributed by atoms with Crippen molar-refractivity contribution in [2.24, 2.45) is 0 Å². The Balaban J connectivity index is 1.96. The van der Waals surface area contributed by atoms with Crippen LogP contribution in [0.2, 0.25) is 0 Å². The van der Waals surface area contributed by atoms with Crippen LogP contribution >= 0.6 is 12.2 Å². The summed E-state index contributed by atoms with van der Waals surface area (Å²) in [6, 6.07) is 12.4. The lowest BCUT2D eigenvalue weighted by Gasteiger charge is -2.15. The maximum absolute atomic E-state index is 12.6. The van der Waals surface area contributed by atoms with Crippen LogP contribution < -0.4 is 16.2 Å². The van der Waals surface area contributed by atoms with Gasteiger partial charge in [-0.15, -0.1) is 0 Å². The summed E-state index contributed by atoms with van der Waals surface area (Å²) in [7, 11) is 0. The number of halogens is 3. The van der Waals surface area contributed by atoms with E-state index < -0.39 is 11.7 Å². The van der Waals surface area contributed by atoms with Crippen LogP contribution in [0.5, 0.6) is 0 Å². The fraction of sp³-hybridized carbons (Fsp3) is 0.133. The molecule has 0 aromatic heterocycles. The summed E-state index contributed by atoms with van der Waals surface area (Å²) >= 11 is 5.09. The van der Waals surface area contributed by atoms with Gasteiger partial charge in [0.25, 0.3) is 0 Å². The van der Waals surface area contributed by atoms with Crippen molar-refractivity contribution in [3.8, 4) is 0 Å². The first kappa shape index (κ1) is 16.1. The molecule has 0 bridgehead atoms. The lowest BCUT2D eigenvalue weighted by molar-refractivity contribution is -0.137. The molecule has 0 aliphatic carbocycles. The predicted molar refractivity (Wildman–Crippen MR) is 85.6 cm³/mol. The molecule has 0 unspecified atom stereocenters. The van der Waals surface area contributed by atoms with Gasteiger partial charge >= 0.3 is 6.18 Å². The average Bonchev–Trinajstić information content (AvgIpc) is 2.47. The van der Waals surface area contributed by atoms with Gasteiger partial charge in [0.1, 0.15) is 0 Å². The molecule has 0 saturated heterocycles. The van der Waals surface area contributed by atoms with E-state index in [1.165, 1.54) is 12.1 Å². The third-order valence-corrected chi connectivity index (χ3v) is 3.11. The number of rotatable bonds is 3. The standard InChI is InChI=1S/C15H14F3N3S/c1-10-5-2-3-8-13(10)19-14(22)21-20-12-7-4-6-11(9-12)15(16,17)18/h2-9,20H,1H3,(H2,19,21,22). The highest BCUT2D eigenvalue weighted by atomic mass is 32.1. The molecule has 2 aromatic rings. The Morgan fingerprint density at radius 3 is 2.45 bits per heavy atom. The van der Waals surface area contributed by atoms with Crippen LogP contribution in [0.15, 0.2) is 48.5 Å². The Morgan fingerprint density at radius 2 is 1.77 bits per heavy atom. The van der Waals surface area contributed by atoms with Crippen LogP contribution in [0.4, 0.5) is 24.5 Å². The van der Waals surface area contributed by atoms with Crippen LogP contribution in [-0.4, -0.2) is 5.11 Å². The lowest BCUT2D eigenvalue weighted by Crippen LogP contribution is -2.33. The number of para-hydroxylation sites is 1. The van der Waals surface area contributed by atoms with E-state index in [2.05, 4.69) is 16.2 Å². The third kappa shape index (κ3) is 4.36. The van der Waals surface area contributed by atoms with Crippen molar-refractivity contribution < 1.29 is 13.2 Å². The zero-order chi connectivity index (χ0) is 16.2. The molecule has 0 radical (unpaired) electrons. The number of thiocarbonyl (C=S) groups is 1. The number of alkyl halides is 3. The van der Waals surface area contributed by atoms with E-state index in [4.69, 9.17) is 12.2 Å². The molecule has 0 aliphatic rings. The molecular weight excluding hydrogens is 311 g/mol. The highest BCUT2D eigenvalue weighted by molar-refractivity contribution is 7.80. The first-order valence-electron chi connectivity index (χ1n) is 6.42. The van der Waals surface area contributed by atoms with Crippen LogP contribution in [0.25, 0.3) is 0 Å². The molecule has 0 atom stereocenters. The summed E-state index contributed by atoms with van der Waals surface area (Å²) in [6.07, 6.45) is -4.38. The molecule has 0 fully saturated rings. The van der Waals surface area contributed by atoms with E-state index in [1.807, 2.05) is 31.2 Å². The normalized spacial score (nSPS) is 10.9. The SMILES string of the molecule is Cc1ccccc1NC(=S)NNc1cccc(C(F)(F)F)c1. The number of hydrogen-bond acceptors (Lipinski definition) is 2. The van der Waals surface area contributed by atoms with Crippen molar-refractivity contribution in [2.45, 2.75) is 13.1 Å². The summed E-state index contributed by atoms with van der Waals surface area (Å²) < 4.78 is 37.8. The molecule has 3 nitrogen and oxygen atoms in total. The molecular formula is C15H14F3N3S. The van der Waals surface area contributed by atoms with Crippen LogP contribution in [0.1, 0.15) is 11.1 Å². The Kier molecular flexibility index (Phi) is 4.87. The number of aryl methyl sites for hydroxylation is 1. The summed E-state index contributed by atoms with van der Waals surface area (Å²) in [4.78, 5) is 0. The monoisotopic (exact) mass is 325 g/mol. The summed E-state index contributed by atoms with van der Waals surface area (Å²) in [5, 5.41) is 3.22. The second kappa shape index (κ2) is 6.65. The molecule has 7 heteroatoms. The predicted octanol–water partition coefficient (Wildman–Crippen LogP) is 4.33. The Labute approximate surface area is 131 Å². The number of hydrazine groups is 1. The molecule has 2 rings (SSSR count). The molecule has 116 valence electrons. The number of benzene rings is 2. The second-order valence-corrected chi connectivity index (χ2v) is 5.01. The maximum atomic E-state index is 12.6. The van der Waals surface area contributed by atoms with Crippen molar-refractivity contribution in [1.29, 1.82) is 0 Å². The van der Waals surface area contributed by atoms with Gasteiger partial charge in [-0.2, -0.15) is 13.2 Å². The van der Waals surface area contributed by atoms with Gasteiger partial charge in [-0.25, -0.2) is 0 Å². The van der Waals surface area contributed by atoms with Gasteiger partial charge < -0.3 is 5.32 Å².